The van der Waals surface area contributed by atoms with Crippen molar-refractivity contribution in [3.63, 3.8) is 0 Å². The Bertz CT molecular complexity index is 1510. The smallest absolute Gasteiger partial charge is 0.281 e. The minimum Gasteiger partial charge on any atom is -0.358 e. The van der Waals surface area contributed by atoms with Gasteiger partial charge in [0.1, 0.15) is 12.1 Å². The van der Waals surface area contributed by atoms with Crippen LogP contribution in [-0.4, -0.2) is 80.5 Å². The van der Waals surface area contributed by atoms with E-state index in [0.717, 1.165) is 28.8 Å². The average Bonchev–Trinajstić information content (AvgIpc) is 3.61. The Balaban J connectivity index is 1.24. The Labute approximate surface area is 239 Å². The van der Waals surface area contributed by atoms with Gasteiger partial charge in [-0.2, -0.15) is 0 Å². The van der Waals surface area contributed by atoms with Gasteiger partial charge in [0.15, 0.2) is 0 Å². The first-order chi connectivity index (χ1) is 19.5. The molecule has 0 bridgehead atoms. The number of aryl methyl sites for hydroxylation is 1. The first kappa shape index (κ1) is 26.7. The molecule has 4 N–H and O–H groups in total. The van der Waals surface area contributed by atoms with Crippen LogP contribution in [0.4, 0.5) is 0 Å². The maximum atomic E-state index is 14.3. The van der Waals surface area contributed by atoms with Crippen molar-refractivity contribution in [2.75, 3.05) is 13.1 Å². The maximum absolute atomic E-state index is 14.3. The zero-order chi connectivity index (χ0) is 29.0. The van der Waals surface area contributed by atoms with Gasteiger partial charge in [-0.3, -0.25) is 24.0 Å². The molecule has 0 radical (unpaired) electrons. The van der Waals surface area contributed by atoms with Gasteiger partial charge in [-0.05, 0) is 54.9 Å². The number of hydrogen-bond acceptors (Lipinski definition) is 6. The molecule has 1 aliphatic carbocycles. The summed E-state index contributed by atoms with van der Waals surface area (Å²) in [5.41, 5.74) is 3.94. The minimum atomic E-state index is -2.01. The molecular formula is C31H39N5O5. The number of carbonyl (C=O) groups excluding carboxylic acids is 3. The minimum absolute atomic E-state index is 0.0934. The number of amides is 3. The summed E-state index contributed by atoms with van der Waals surface area (Å²) in [7, 11) is 0. The number of benzene rings is 1. The molecule has 1 unspecified atom stereocenters. The molecule has 6 atom stereocenters. The first-order valence-corrected chi connectivity index (χ1v) is 14.9. The molecule has 7 rings (SSSR count). The molecule has 5 aliphatic rings. The van der Waals surface area contributed by atoms with Crippen LogP contribution in [0.2, 0.25) is 0 Å². The summed E-state index contributed by atoms with van der Waals surface area (Å²) in [5, 5.41) is 19.8. The third-order valence-electron chi connectivity index (χ3n) is 9.98. The molecule has 2 aromatic rings. The molecule has 0 saturated carbocycles. The predicted octanol–water partition coefficient (Wildman–Crippen LogP) is 2.01. The number of hydrogen-bond donors (Lipinski definition) is 4. The molecule has 1 aromatic heterocycles. The van der Waals surface area contributed by atoms with Crippen LogP contribution in [0, 0.1) is 24.7 Å². The molecule has 218 valence electrons. The summed E-state index contributed by atoms with van der Waals surface area (Å²) < 4.78 is 6.38. The fourth-order valence-corrected chi connectivity index (χ4v) is 7.90. The van der Waals surface area contributed by atoms with Gasteiger partial charge in [0.2, 0.25) is 17.5 Å². The second kappa shape index (κ2) is 8.89. The van der Waals surface area contributed by atoms with Gasteiger partial charge in [0.05, 0.1) is 5.92 Å². The van der Waals surface area contributed by atoms with E-state index >= 15 is 0 Å². The van der Waals surface area contributed by atoms with Gasteiger partial charge < -0.3 is 25.6 Å². The zero-order valence-electron chi connectivity index (χ0n) is 24.3. The van der Waals surface area contributed by atoms with Crippen LogP contribution in [0.25, 0.3) is 16.5 Å². The maximum Gasteiger partial charge on any atom is 0.281 e. The first-order valence-electron chi connectivity index (χ1n) is 14.9. The molecular weight excluding hydrogens is 522 g/mol. The number of piperazine rings is 1. The van der Waals surface area contributed by atoms with Gasteiger partial charge in [0.25, 0.3) is 11.8 Å². The Morgan fingerprint density at radius 2 is 2.00 bits per heavy atom. The van der Waals surface area contributed by atoms with E-state index in [4.69, 9.17) is 4.74 Å². The topological polar surface area (TPSA) is 127 Å². The molecule has 0 spiro atoms. The van der Waals surface area contributed by atoms with Crippen LogP contribution in [-0.2, 0) is 25.5 Å². The van der Waals surface area contributed by atoms with E-state index in [0.29, 0.717) is 25.9 Å². The lowest BCUT2D eigenvalue weighted by Gasteiger charge is -2.49. The van der Waals surface area contributed by atoms with Crippen LogP contribution in [0.3, 0.4) is 0 Å². The fourth-order valence-electron chi connectivity index (χ4n) is 7.90. The lowest BCUT2D eigenvalue weighted by Crippen LogP contribution is -2.72. The lowest BCUT2D eigenvalue weighted by molar-refractivity contribution is -0.323. The van der Waals surface area contributed by atoms with Gasteiger partial charge >= 0.3 is 0 Å². The number of fused-ring (bicyclic) bond motifs is 5. The Morgan fingerprint density at radius 3 is 2.73 bits per heavy atom. The van der Waals surface area contributed by atoms with E-state index in [1.54, 1.807) is 18.7 Å². The molecule has 41 heavy (non-hydrogen) atoms. The van der Waals surface area contributed by atoms with E-state index < -0.39 is 41.5 Å². The normalized spacial score (nSPS) is 34.3. The monoisotopic (exact) mass is 561 g/mol. The van der Waals surface area contributed by atoms with E-state index in [9.17, 15) is 19.5 Å². The van der Waals surface area contributed by atoms with Gasteiger partial charge in [0, 0.05) is 41.6 Å². The highest BCUT2D eigenvalue weighted by Gasteiger charge is 2.72. The number of carbonyl (C=O) groups is 3. The molecule has 3 amide bonds. The van der Waals surface area contributed by atoms with Crippen LogP contribution in [0.5, 0.6) is 0 Å². The number of aliphatic hydroxyl groups is 1. The molecule has 4 aliphatic heterocycles. The van der Waals surface area contributed by atoms with Gasteiger partial charge in [-0.25, -0.2) is 0 Å². The van der Waals surface area contributed by atoms with Crippen molar-refractivity contribution < 1.29 is 24.2 Å². The molecule has 3 fully saturated rings. The molecule has 1 aromatic carbocycles. The third-order valence-corrected chi connectivity index (χ3v) is 9.98. The van der Waals surface area contributed by atoms with Crippen LogP contribution < -0.4 is 10.6 Å². The predicted molar refractivity (Wildman–Crippen MR) is 152 cm³/mol. The summed E-state index contributed by atoms with van der Waals surface area (Å²) in [6.07, 6.45) is 4.09. The van der Waals surface area contributed by atoms with Crippen molar-refractivity contribution in [1.29, 1.82) is 0 Å². The summed E-state index contributed by atoms with van der Waals surface area (Å²) >= 11 is 0. The van der Waals surface area contributed by atoms with E-state index in [-0.39, 0.29) is 23.8 Å². The highest BCUT2D eigenvalue weighted by atomic mass is 16.7. The largest absolute Gasteiger partial charge is 0.358 e. The number of ether oxygens (including phenoxy) is 1. The second-order valence-corrected chi connectivity index (χ2v) is 13.0. The van der Waals surface area contributed by atoms with Crippen LogP contribution >= 0.6 is 0 Å². The summed E-state index contributed by atoms with van der Waals surface area (Å²) in [6, 6.07) is 4.75. The summed E-state index contributed by atoms with van der Waals surface area (Å²) in [5.74, 6) is -4.40. The second-order valence-electron chi connectivity index (χ2n) is 13.0. The standard InChI is InChI=1S/C31H39N5O5/c1-15(2)26-28(38)35-11-7-10-24(35)31(40)36(26)29(39)30(41-31,16(3)4)34-27(37)18-12-21-19-8-6-9-22-25(19)20(17(5)33-22)13-23(21)32-14-18/h6,8-9,12,15-16,18,23-24,26,32-33,40H,7,10-11,13-14H2,1-5H3,(H,34,37)/t18-,23-,24?,26+,30-,31+/m1/s1. The Morgan fingerprint density at radius 1 is 1.22 bits per heavy atom. The SMILES string of the molecule is Cc1[nH]c2cccc3c2c1C[C@H]1NC[C@H](C(=O)N[C@]2(C(C)C)O[C@@]4(O)C5CCCN5C(=O)[C@H](C(C)C)N4C2=O)C=C31. The van der Waals surface area contributed by atoms with Crippen molar-refractivity contribution in [2.45, 2.75) is 83.6 Å². The lowest BCUT2D eigenvalue weighted by atomic mass is 9.80. The number of H-pyrrole nitrogens is 1. The molecule has 3 saturated heterocycles. The van der Waals surface area contributed by atoms with Crippen LogP contribution in [0.15, 0.2) is 24.3 Å². The number of nitrogens with one attached hydrogen (secondary N) is 3. The third kappa shape index (κ3) is 3.50. The van der Waals surface area contributed by atoms with Gasteiger partial charge in [-0.15, -0.1) is 0 Å². The fraction of sp³-hybridized carbons (Fsp3) is 0.581. The van der Waals surface area contributed by atoms with Crippen molar-refractivity contribution in [3.05, 3.63) is 41.1 Å². The Kier molecular flexibility index (Phi) is 5.79. The average molecular weight is 562 g/mol. The van der Waals surface area contributed by atoms with E-state index in [1.807, 2.05) is 26.0 Å². The number of nitrogens with zero attached hydrogens (tertiary/aromatic N) is 2. The van der Waals surface area contributed by atoms with Crippen LogP contribution in [0.1, 0.15) is 57.4 Å². The molecule has 10 heteroatoms. The van der Waals surface area contributed by atoms with Crippen molar-refractivity contribution >= 4 is 34.2 Å². The molecule has 5 heterocycles. The van der Waals surface area contributed by atoms with Crippen molar-refractivity contribution in [3.8, 4) is 0 Å². The van der Waals surface area contributed by atoms with Crippen molar-refractivity contribution in [2.24, 2.45) is 17.8 Å². The van der Waals surface area contributed by atoms with Crippen molar-refractivity contribution in [1.82, 2.24) is 25.4 Å². The Hall–Kier alpha value is -3.21. The molecule has 10 nitrogen and oxygen atoms in total. The number of aromatic amines is 1. The van der Waals surface area contributed by atoms with E-state index in [1.165, 1.54) is 15.8 Å². The zero-order valence-corrected chi connectivity index (χ0v) is 24.3. The highest BCUT2D eigenvalue weighted by Crippen LogP contribution is 2.48. The van der Waals surface area contributed by atoms with E-state index in [2.05, 4.69) is 34.7 Å². The van der Waals surface area contributed by atoms with Gasteiger partial charge in [-0.1, -0.05) is 45.9 Å². The quantitative estimate of drug-likeness (QED) is 0.453. The summed E-state index contributed by atoms with van der Waals surface area (Å²) in [4.78, 5) is 48.1. The number of rotatable bonds is 4. The summed E-state index contributed by atoms with van der Waals surface area (Å²) in [6.45, 7) is 10.3. The number of aromatic nitrogens is 1. The highest BCUT2D eigenvalue weighted by molar-refractivity contribution is 6.01.